The Kier molecular flexibility index (Phi) is 0.242. The predicted molar refractivity (Wildman–Crippen MR) is 68.5 cm³/mol. The molecule has 10 heterocycles. The Balaban J connectivity index is 1.50. The topological polar surface area (TPSA) is 43.1 Å². The first-order valence-electron chi connectivity index (χ1n) is 7.71. The van der Waals surface area contributed by atoms with Crippen molar-refractivity contribution >= 4 is 5.69 Å². The fourth-order valence-corrected chi connectivity index (χ4v) is 79.5. The maximum absolute atomic E-state index is 11.6. The van der Waals surface area contributed by atoms with Crippen molar-refractivity contribution in [1.82, 2.24) is 0 Å². The number of nitro benzene ring substituents is 1. The molecule has 0 aliphatic carbocycles. The molecule has 10 aliphatic rings. The molecule has 11 rings (SSSR count). The second kappa shape index (κ2) is 0.653. The van der Waals surface area contributed by atoms with Crippen LogP contribution in [0, 0.1) is 10.1 Å². The third kappa shape index (κ3) is 0.0818. The van der Waals surface area contributed by atoms with Gasteiger partial charge in [-0.3, -0.25) is 0 Å². The molecule has 4 heteroatoms. The van der Waals surface area contributed by atoms with Gasteiger partial charge >= 0.3 is 105 Å². The average molecular weight is 310 g/mol. The van der Waals surface area contributed by atoms with Gasteiger partial charge in [0.1, 0.15) is 0 Å². The molecule has 104 valence electrons. The summed E-state index contributed by atoms with van der Waals surface area (Å²) >= 11 is 0. The number of hydrogen-bond acceptors (Lipinski definition) is 2. The van der Waals surface area contributed by atoms with E-state index >= 15 is 0 Å². The Hall–Kier alpha value is -0.886. The Morgan fingerprint density at radius 1 is 0.950 bits per heavy atom. The van der Waals surface area contributed by atoms with Gasteiger partial charge in [0, 0.05) is 0 Å². The van der Waals surface area contributed by atoms with Gasteiger partial charge < -0.3 is 0 Å². The van der Waals surface area contributed by atoms with E-state index in [4.69, 9.17) is 0 Å². The average Bonchev–Trinajstić information content (AvgIpc) is 3.39. The first-order chi connectivity index (χ1) is 9.47. The van der Waals surface area contributed by atoms with Gasteiger partial charge in [-0.15, -0.1) is 0 Å². The summed E-state index contributed by atoms with van der Waals surface area (Å²) in [6.07, 6.45) is -3.03. The molecule has 0 bridgehead atoms. The van der Waals surface area contributed by atoms with Gasteiger partial charge in [-0.1, -0.05) is 0 Å². The van der Waals surface area contributed by atoms with Crippen LogP contribution in [0.1, 0.15) is 5.56 Å². The summed E-state index contributed by atoms with van der Waals surface area (Å²) < 4.78 is 0.504. The molecule has 0 aromatic heterocycles. The van der Waals surface area contributed by atoms with E-state index in [1.54, 1.807) is 6.07 Å². The maximum atomic E-state index is 11.6. The number of rotatable bonds is 2. The molecule has 0 N–H and O–H groups in total. The molecule has 0 amide bonds. The van der Waals surface area contributed by atoms with Crippen molar-refractivity contribution in [2.45, 2.75) is 48.4 Å². The van der Waals surface area contributed by atoms with Gasteiger partial charge in [-0.05, 0) is 0 Å². The third-order valence-corrected chi connectivity index (χ3v) is 52.6. The molecule has 4 atom stereocenters. The second-order valence-electron chi connectivity index (χ2n) is 10.7. The van der Waals surface area contributed by atoms with E-state index in [2.05, 4.69) is 12.1 Å². The quantitative estimate of drug-likeness (QED) is 0.462. The van der Waals surface area contributed by atoms with Crippen molar-refractivity contribution in [2.24, 2.45) is 0 Å². The van der Waals surface area contributed by atoms with Crippen LogP contribution in [0.4, 0.5) is 5.69 Å². The fourth-order valence-electron chi connectivity index (χ4n) is 16.0. The first-order valence-corrected chi connectivity index (χ1v) is 13.3. The van der Waals surface area contributed by atoms with Crippen molar-refractivity contribution in [2.75, 3.05) is 0 Å². The van der Waals surface area contributed by atoms with Crippen LogP contribution in [-0.2, 0) is 10.6 Å². The standard InChI is InChI=1S/C11H8NO2.C5H5.Ni/c13-12(14)11-8-4-3-7-10(11)9-5-1-2-6-9;1-2-4-5-3-1;/h1-8H;1-5H;. The minimum absolute atomic E-state index is 0.0838. The van der Waals surface area contributed by atoms with E-state index < -0.39 is 6.23 Å². The van der Waals surface area contributed by atoms with Gasteiger partial charge in [0.05, 0.1) is 0 Å². The summed E-state index contributed by atoms with van der Waals surface area (Å²) in [4.78, 5) is 22.2. The predicted octanol–water partition coefficient (Wildman–Crippen LogP) is 4.39. The summed E-state index contributed by atoms with van der Waals surface area (Å²) in [5.74, 6) is 0. The Morgan fingerprint density at radius 2 is 1.50 bits per heavy atom. The van der Waals surface area contributed by atoms with Gasteiger partial charge in [-0.25, -0.2) is 0 Å². The van der Waals surface area contributed by atoms with Gasteiger partial charge in [0.25, 0.3) is 0 Å². The van der Waals surface area contributed by atoms with Gasteiger partial charge in [0.15, 0.2) is 0 Å². The van der Waals surface area contributed by atoms with E-state index in [-0.39, 0.29) is 4.92 Å². The molecule has 1 aromatic rings. The molecule has 10 fully saturated rings. The number of benzene rings is 1. The van der Waals surface area contributed by atoms with Crippen molar-refractivity contribution in [1.29, 1.82) is 0 Å². The Morgan fingerprint density at radius 3 is 1.90 bits per heavy atom. The van der Waals surface area contributed by atoms with E-state index in [0.29, 0.717) is 10.1 Å². The molecule has 0 saturated carbocycles. The van der Waals surface area contributed by atoms with Crippen LogP contribution in [0.25, 0.3) is 0 Å². The van der Waals surface area contributed by atoms with E-state index in [1.807, 2.05) is 6.07 Å². The van der Waals surface area contributed by atoms with Crippen molar-refractivity contribution in [3.63, 3.8) is 0 Å². The zero-order valence-electron chi connectivity index (χ0n) is 10.6. The normalized spacial score (nSPS) is 103. The van der Waals surface area contributed by atoms with Crippen LogP contribution in [0.3, 0.4) is 0 Å². The first kappa shape index (κ1) is 7.40. The van der Waals surface area contributed by atoms with Gasteiger partial charge in [-0.2, -0.15) is 0 Å². The summed E-state index contributed by atoms with van der Waals surface area (Å²) in [6.45, 7) is 0. The van der Waals surface area contributed by atoms with Crippen LogP contribution >= 0.6 is 0 Å². The number of nitrogens with zero attached hydrogens (tertiary/aromatic N) is 1. The van der Waals surface area contributed by atoms with Crippen LogP contribution in [0.2, 0.25) is 44.0 Å². The molecule has 10 saturated heterocycles. The molecule has 20 heavy (non-hydrogen) atoms. The molecule has 0 radical (unpaired) electrons. The van der Waals surface area contributed by atoms with Crippen molar-refractivity contribution in [3.05, 3.63) is 39.9 Å². The van der Waals surface area contributed by atoms with Crippen LogP contribution in [0.5, 0.6) is 0 Å². The SMILES string of the molecule is O=[N+]([O-])c1ccccc1[C]12[CH]3[CH]4[CH]5[CH]1[Ni]45321678[CH]2[CH]1[CH]6[CH]7[CH]28. The van der Waals surface area contributed by atoms with E-state index in [9.17, 15) is 10.1 Å². The van der Waals surface area contributed by atoms with Gasteiger partial charge in [0.2, 0.25) is 0 Å². The minimum atomic E-state index is -3.03. The number of hydrogen-bond donors (Lipinski definition) is 0. The summed E-state index contributed by atoms with van der Waals surface area (Å²) in [7, 11) is 0. The zero-order chi connectivity index (χ0) is 12.6. The van der Waals surface area contributed by atoms with Crippen LogP contribution < -0.4 is 0 Å². The summed E-state index contributed by atoms with van der Waals surface area (Å²) in [6, 6.07) is 7.91. The molecule has 1 spiro atoms. The second-order valence-corrected chi connectivity index (χ2v) is 31.7. The Labute approximate surface area is 105 Å². The fraction of sp³-hybridized carbons (Fsp3) is 0.625. The van der Waals surface area contributed by atoms with Crippen molar-refractivity contribution < 1.29 is 11.2 Å². The molecule has 3 nitrogen and oxygen atoms in total. The van der Waals surface area contributed by atoms with E-state index in [1.165, 1.54) is 39.8 Å². The molecular formula is C16H13NNiO2. The molecule has 10 aliphatic heterocycles. The van der Waals surface area contributed by atoms with Crippen molar-refractivity contribution in [3.8, 4) is 0 Å². The van der Waals surface area contributed by atoms with E-state index in [0.717, 1.165) is 9.78 Å². The molecule has 4 unspecified atom stereocenters. The summed E-state index contributed by atoms with van der Waals surface area (Å²) in [5, 5.41) is 11.6. The third-order valence-electron chi connectivity index (χ3n) is 14.8. The molecule has 1 aromatic carbocycles. The number of fused-ring (bicyclic) bond motifs is 10. The summed E-state index contributed by atoms with van der Waals surface area (Å²) in [5.41, 5.74) is 1.74. The number of para-hydroxylation sites is 1. The zero-order valence-corrected chi connectivity index (χ0v) is 11.6. The van der Waals surface area contributed by atoms with Crippen LogP contribution in [-0.4, -0.2) is 4.92 Å². The molecular weight excluding hydrogens is 297 g/mol. The Bertz CT molecular complexity index is 1190. The van der Waals surface area contributed by atoms with Crippen LogP contribution in [0.15, 0.2) is 24.3 Å². The monoisotopic (exact) mass is 309 g/mol. The number of nitro groups is 1.